The smallest absolute Gasteiger partial charge is 0.333 e. The number of nitrogens with one attached hydrogen (secondary N) is 5. The number of hydrogen-bond acceptors (Lipinski definition) is 20. The van der Waals surface area contributed by atoms with Crippen molar-refractivity contribution >= 4 is 76.4 Å². The van der Waals surface area contributed by atoms with Gasteiger partial charge >= 0.3 is 11.9 Å². The van der Waals surface area contributed by atoms with Crippen LogP contribution < -0.4 is 26.6 Å². The van der Waals surface area contributed by atoms with Crippen LogP contribution in [0.2, 0.25) is 0 Å². The zero-order valence-electron chi connectivity index (χ0n) is 57.4. The summed E-state index contributed by atoms with van der Waals surface area (Å²) in [6.45, 7) is 11.2. The minimum atomic E-state index is -1.68. The van der Waals surface area contributed by atoms with Crippen LogP contribution in [-0.4, -0.2) is 205 Å². The first-order chi connectivity index (χ1) is 47.8. The minimum absolute atomic E-state index is 0.00930. The Balaban J connectivity index is 0.000000286. The number of ether oxygens (including phenoxy) is 2. The van der Waals surface area contributed by atoms with Crippen LogP contribution in [0.15, 0.2) is 120 Å². The lowest BCUT2D eigenvalue weighted by atomic mass is 9.94. The number of benzene rings is 2. The average molecular weight is 1380 g/mol. The highest BCUT2D eigenvalue weighted by molar-refractivity contribution is 6.02. The van der Waals surface area contributed by atoms with Crippen molar-refractivity contribution in [2.45, 2.75) is 166 Å². The molecule has 0 spiro atoms. The van der Waals surface area contributed by atoms with Gasteiger partial charge in [-0.1, -0.05) is 100 Å². The number of carbonyl (C=O) groups is 12. The zero-order chi connectivity index (χ0) is 72.5. The van der Waals surface area contributed by atoms with Crippen LogP contribution in [-0.2, 0) is 70.3 Å². The predicted molar refractivity (Wildman–Crippen MR) is 362 cm³/mol. The van der Waals surface area contributed by atoms with Crippen molar-refractivity contribution in [3.8, 4) is 5.75 Å². The predicted octanol–water partition coefficient (Wildman–Crippen LogP) is 3.78. The fraction of sp³-hybridized carbons (Fsp3) is 0.472. The molecule has 5 aliphatic heterocycles. The van der Waals surface area contributed by atoms with E-state index in [1.807, 2.05) is 45.0 Å². The van der Waals surface area contributed by atoms with E-state index in [1.54, 1.807) is 75.5 Å². The molecule has 4 fully saturated rings. The standard InChI is InChI=1S/C44H52N8O10.C28H37N3O7/c1-5-30-41(58)51-21-10-13-31(51)42(59)50(4)33(23-26-15-17-28(45-3)18-16-26)43(60)52-22-19-29(53)24-32(52)38(55)49-36(27-11-7-6-8-12-27)44(61)62-25(2)35(39(56)47-30)48-40(57)37-34(54)14-9-20-46-37;1-17(2)26-19(4)9-10-24(34)29-11-5-7-18(3)13-20(32)14-21(33)15-25-30-22(16-37-25)27(35)31-12-6-8-23(31)28(36)38-26/h6-9,11-12,14-18,20,25,30-33,35-36,45,54H,5,10,13,19,21-24H2,1-4H3,(H,47,56)(H,48,57)(H,49,55);5,7,9-10,13,16-17,19-20,23,26,32H,6,8,11-12,14-15H2,1-4H3,(H,29,34)/b;7-5+,10-9+,18-13+/t25-,30-,31+,32+,33+,35+,36+;19-,20-,23-,26-/m11/s1. The Kier molecular flexibility index (Phi) is 26.3. The van der Waals surface area contributed by atoms with Crippen LogP contribution in [0.3, 0.4) is 0 Å². The molecule has 28 nitrogen and oxygen atoms in total. The van der Waals surface area contributed by atoms with E-state index in [0.29, 0.717) is 31.4 Å². The number of rotatable bonds is 8. The summed E-state index contributed by atoms with van der Waals surface area (Å²) in [6, 6.07) is 9.12. The number of aliphatic hydroxyl groups is 1. The van der Waals surface area contributed by atoms with Crippen molar-refractivity contribution in [1.82, 2.24) is 50.8 Å². The molecule has 5 aliphatic rings. The Hall–Kier alpha value is -10.4. The number of esters is 2. The number of amides is 8. The monoisotopic (exact) mass is 1380 g/mol. The maximum atomic E-state index is 14.9. The Morgan fingerprint density at radius 3 is 2.16 bits per heavy atom. The summed E-state index contributed by atoms with van der Waals surface area (Å²) in [6.07, 6.45) is 8.79. The van der Waals surface area contributed by atoms with Gasteiger partial charge in [0.25, 0.3) is 11.8 Å². The van der Waals surface area contributed by atoms with Gasteiger partial charge in [-0.05, 0) is 93.3 Å². The van der Waals surface area contributed by atoms with Crippen molar-refractivity contribution in [2.75, 3.05) is 45.6 Å². The summed E-state index contributed by atoms with van der Waals surface area (Å²) in [5.74, 6) is -8.11. The normalized spacial score (nSPS) is 27.2. The third kappa shape index (κ3) is 19.3. The maximum absolute atomic E-state index is 14.9. The molecule has 0 radical (unpaired) electrons. The highest BCUT2D eigenvalue weighted by atomic mass is 16.6. The molecule has 2 aromatic heterocycles. The van der Waals surface area contributed by atoms with E-state index < -0.39 is 125 Å². The molecule has 2 aromatic carbocycles. The second-order valence-corrected chi connectivity index (χ2v) is 25.8. The number of piperidine rings is 1. The van der Waals surface area contributed by atoms with Gasteiger partial charge in [-0.25, -0.2) is 19.6 Å². The number of nitrogens with zero attached hydrogens (tertiary/aromatic N) is 6. The van der Waals surface area contributed by atoms with Crippen molar-refractivity contribution < 1.29 is 81.6 Å². The molecule has 0 saturated carbocycles. The Bertz CT molecular complexity index is 3760. The molecule has 4 aromatic rings. The molecule has 8 amide bonds. The van der Waals surface area contributed by atoms with Gasteiger partial charge in [0.1, 0.15) is 72.0 Å². The van der Waals surface area contributed by atoms with E-state index >= 15 is 0 Å². The molecule has 7 heterocycles. The van der Waals surface area contributed by atoms with E-state index in [4.69, 9.17) is 13.9 Å². The molecule has 9 rings (SSSR count). The number of carbonyl (C=O) groups excluding carboxylic acids is 12. The quantitative estimate of drug-likeness (QED) is 0.123. The van der Waals surface area contributed by atoms with Gasteiger partial charge in [0.2, 0.25) is 41.3 Å². The fourth-order valence-corrected chi connectivity index (χ4v) is 12.7. The number of oxazole rings is 1. The van der Waals surface area contributed by atoms with Gasteiger partial charge in [-0.3, -0.25) is 47.9 Å². The van der Waals surface area contributed by atoms with Gasteiger partial charge < -0.3 is 70.3 Å². The number of ketones is 2. The van der Waals surface area contributed by atoms with Crippen molar-refractivity contribution in [1.29, 1.82) is 0 Å². The summed E-state index contributed by atoms with van der Waals surface area (Å²) in [5.41, 5.74) is 2.09. The van der Waals surface area contributed by atoms with Crippen LogP contribution in [0, 0.1) is 11.8 Å². The van der Waals surface area contributed by atoms with Gasteiger partial charge in [-0.2, -0.15) is 0 Å². The topological polar surface area (TPSA) is 376 Å². The first-order valence-electron chi connectivity index (χ1n) is 33.7. The molecule has 2 bridgehead atoms. The van der Waals surface area contributed by atoms with E-state index in [-0.39, 0.29) is 111 Å². The van der Waals surface area contributed by atoms with Gasteiger partial charge in [0.05, 0.1) is 12.5 Å². The van der Waals surface area contributed by atoms with E-state index in [1.165, 1.54) is 64.2 Å². The summed E-state index contributed by atoms with van der Waals surface area (Å²) in [5, 5.41) is 34.3. The molecule has 0 aliphatic carbocycles. The van der Waals surface area contributed by atoms with Crippen LogP contribution in [0.5, 0.6) is 5.75 Å². The third-order valence-electron chi connectivity index (χ3n) is 18.2. The second kappa shape index (κ2) is 34.9. The van der Waals surface area contributed by atoms with E-state index in [2.05, 4.69) is 36.6 Å². The fourth-order valence-electron chi connectivity index (χ4n) is 12.7. The van der Waals surface area contributed by atoms with Gasteiger partial charge in [0, 0.05) is 83.8 Å². The molecular weight excluding hydrogens is 1290 g/mol. The largest absolute Gasteiger partial charge is 0.505 e. The molecule has 11 atom stereocenters. The van der Waals surface area contributed by atoms with E-state index in [9.17, 15) is 67.7 Å². The number of fused-ring (bicyclic) bond motifs is 5. The Labute approximate surface area is 579 Å². The number of likely N-dealkylation sites (N-methyl/N-ethyl adjacent to an activating group) is 1. The van der Waals surface area contributed by atoms with Crippen molar-refractivity contribution in [3.63, 3.8) is 0 Å². The number of Topliss-reactive ketones (excluding diaryl/α,β-unsaturated/α-hetero) is 2. The number of pyridine rings is 1. The Morgan fingerprint density at radius 2 is 1.47 bits per heavy atom. The number of hydrogen-bond donors (Lipinski definition) is 7. The lowest BCUT2D eigenvalue weighted by Gasteiger charge is -2.40. The lowest BCUT2D eigenvalue weighted by molar-refractivity contribution is -0.158. The van der Waals surface area contributed by atoms with Crippen molar-refractivity contribution in [2.24, 2.45) is 11.8 Å². The second-order valence-electron chi connectivity index (χ2n) is 25.8. The Morgan fingerprint density at radius 1 is 0.770 bits per heavy atom. The molecule has 4 saturated heterocycles. The summed E-state index contributed by atoms with van der Waals surface area (Å²) in [4.78, 5) is 178. The number of allylic oxidation sites excluding steroid dienone is 2. The van der Waals surface area contributed by atoms with E-state index in [0.717, 1.165) is 11.3 Å². The lowest BCUT2D eigenvalue weighted by Crippen LogP contribution is -2.61. The number of aliphatic hydroxyl groups excluding tert-OH is 1. The summed E-state index contributed by atoms with van der Waals surface area (Å²) >= 11 is 0. The van der Waals surface area contributed by atoms with Crippen LogP contribution >= 0.6 is 0 Å². The highest BCUT2D eigenvalue weighted by Gasteiger charge is 2.47. The highest BCUT2D eigenvalue weighted by Crippen LogP contribution is 2.29. The third-order valence-corrected chi connectivity index (χ3v) is 18.2. The van der Waals surface area contributed by atoms with Crippen LogP contribution in [0.4, 0.5) is 5.69 Å². The average Bonchev–Trinajstić information content (AvgIpc) is 1.37. The van der Waals surface area contributed by atoms with Crippen LogP contribution in [0.1, 0.15) is 137 Å². The minimum Gasteiger partial charge on any atom is -0.505 e. The molecular formula is C72H89N11O17. The zero-order valence-corrected chi connectivity index (χ0v) is 57.4. The summed E-state index contributed by atoms with van der Waals surface area (Å²) < 4.78 is 17.1. The number of cyclic esters (lactones) is 2. The molecule has 534 valence electrons. The van der Waals surface area contributed by atoms with Crippen molar-refractivity contribution in [3.05, 3.63) is 144 Å². The maximum Gasteiger partial charge on any atom is 0.333 e. The number of anilines is 1. The summed E-state index contributed by atoms with van der Waals surface area (Å²) in [7, 11) is 3.23. The molecule has 7 N–H and O–H groups in total. The van der Waals surface area contributed by atoms with Gasteiger partial charge in [-0.15, -0.1) is 0 Å². The van der Waals surface area contributed by atoms with Gasteiger partial charge in [0.15, 0.2) is 17.4 Å². The molecule has 28 heteroatoms. The number of aromatic hydroxyl groups is 1. The molecule has 100 heavy (non-hydrogen) atoms. The molecule has 0 unspecified atom stereocenters. The van der Waals surface area contributed by atoms with Crippen LogP contribution in [0.25, 0.3) is 0 Å². The number of aromatic nitrogens is 2. The first-order valence-corrected chi connectivity index (χ1v) is 33.7. The SMILES string of the molecule is CC1=C\[C@@H](O)CC(=O)Cc2nc(co2)C(=O)N2CCC[C@@H]2C(=O)O[C@H](C(C)C)[C@H](C)/C=C/C(=O)NC\C=C\1.CC[C@H]1NC(=O)[C@@H](NC(=O)c2ncccc2O)[C@@H](C)OC(=O)[C@H](c2ccccc2)NC(=O)[C@@H]2CC(=O)CCN2C(=O)[C@H](Cc2ccc(NC)cc2)N(C)C(=O)[C@@H]2CCCN2C1=O. The first kappa shape index (κ1) is 75.4.